The SMILES string of the molecule is CCCCCCCCC=CCCCCCCCCOCCCCCCCCC=CCCCCCCCC.[Na]. The van der Waals surface area contributed by atoms with Gasteiger partial charge in [0, 0.05) is 42.8 Å². The van der Waals surface area contributed by atoms with E-state index in [2.05, 4.69) is 38.2 Å². The van der Waals surface area contributed by atoms with Crippen LogP contribution < -0.4 is 0 Å². The van der Waals surface area contributed by atoms with Crippen LogP contribution in [0.15, 0.2) is 24.3 Å². The molecule has 0 heterocycles. The van der Waals surface area contributed by atoms with Crippen LogP contribution in [0, 0.1) is 0 Å². The van der Waals surface area contributed by atoms with Crippen LogP contribution in [0.5, 0.6) is 0 Å². The molecule has 0 aliphatic heterocycles. The predicted molar refractivity (Wildman–Crippen MR) is 175 cm³/mol. The topological polar surface area (TPSA) is 9.23 Å². The average Bonchev–Trinajstić information content (AvgIpc) is 2.91. The van der Waals surface area contributed by atoms with Crippen LogP contribution in [0.4, 0.5) is 0 Å². The Hall–Kier alpha value is 0.440. The molecule has 0 amide bonds. The molecule has 2 heteroatoms. The first-order valence-electron chi connectivity index (χ1n) is 17.3. The van der Waals surface area contributed by atoms with Gasteiger partial charge in [-0.3, -0.25) is 0 Å². The Balaban J connectivity index is 0. The summed E-state index contributed by atoms with van der Waals surface area (Å²) in [5.41, 5.74) is 0. The molecule has 0 aliphatic rings. The van der Waals surface area contributed by atoms with Crippen molar-refractivity contribution in [2.24, 2.45) is 0 Å². The molecule has 0 unspecified atom stereocenters. The summed E-state index contributed by atoms with van der Waals surface area (Å²) in [4.78, 5) is 0. The molecule has 1 nitrogen and oxygen atoms in total. The largest absolute Gasteiger partial charge is 0.381 e. The fourth-order valence-corrected chi connectivity index (χ4v) is 5.01. The predicted octanol–water partition coefficient (Wildman–Crippen LogP) is 12.7. The fraction of sp³-hybridized carbons (Fsp3) is 0.889. The van der Waals surface area contributed by atoms with E-state index in [1.807, 2.05) is 0 Å². The molecular formula is C36H70NaO. The minimum absolute atomic E-state index is 0. The van der Waals surface area contributed by atoms with Crippen molar-refractivity contribution in [2.75, 3.05) is 13.2 Å². The number of unbranched alkanes of at least 4 members (excludes halogenated alkanes) is 24. The quantitative estimate of drug-likeness (QED) is 0.0467. The second kappa shape index (κ2) is 39.6. The van der Waals surface area contributed by atoms with E-state index in [9.17, 15) is 0 Å². The van der Waals surface area contributed by atoms with Gasteiger partial charge in [0.15, 0.2) is 0 Å². The second-order valence-corrected chi connectivity index (χ2v) is 11.5. The molecule has 221 valence electrons. The molecule has 0 saturated heterocycles. The smallest absolute Gasteiger partial charge is 0.0466 e. The van der Waals surface area contributed by atoms with E-state index in [4.69, 9.17) is 4.74 Å². The Morgan fingerprint density at radius 2 is 0.553 bits per heavy atom. The molecule has 0 aliphatic carbocycles. The van der Waals surface area contributed by atoms with Gasteiger partial charge >= 0.3 is 0 Å². The molecule has 0 fully saturated rings. The molecule has 0 atom stereocenters. The monoisotopic (exact) mass is 542 g/mol. The van der Waals surface area contributed by atoms with Gasteiger partial charge in [-0.15, -0.1) is 0 Å². The van der Waals surface area contributed by atoms with E-state index < -0.39 is 0 Å². The van der Waals surface area contributed by atoms with Crippen molar-refractivity contribution in [1.29, 1.82) is 0 Å². The van der Waals surface area contributed by atoms with Crippen LogP contribution in [0.3, 0.4) is 0 Å². The van der Waals surface area contributed by atoms with Crippen LogP contribution in [0.2, 0.25) is 0 Å². The van der Waals surface area contributed by atoms with E-state index in [0.717, 1.165) is 13.2 Å². The summed E-state index contributed by atoms with van der Waals surface area (Å²) in [6.45, 7) is 6.54. The van der Waals surface area contributed by atoms with Crippen LogP contribution >= 0.6 is 0 Å². The third-order valence-electron chi connectivity index (χ3n) is 7.60. The van der Waals surface area contributed by atoms with Gasteiger partial charge < -0.3 is 4.74 Å². The number of rotatable bonds is 32. The summed E-state index contributed by atoms with van der Waals surface area (Å²) in [5, 5.41) is 0. The van der Waals surface area contributed by atoms with E-state index in [1.165, 1.54) is 180 Å². The summed E-state index contributed by atoms with van der Waals surface area (Å²) in [6.07, 6.45) is 48.1. The number of ether oxygens (including phenoxy) is 1. The molecule has 1 radical (unpaired) electrons. The Labute approximate surface area is 264 Å². The van der Waals surface area contributed by atoms with E-state index in [-0.39, 0.29) is 29.6 Å². The molecule has 0 rings (SSSR count). The van der Waals surface area contributed by atoms with Crippen molar-refractivity contribution < 1.29 is 4.74 Å². The van der Waals surface area contributed by atoms with Crippen molar-refractivity contribution in [3.8, 4) is 0 Å². The molecule has 38 heavy (non-hydrogen) atoms. The Kier molecular flexibility index (Phi) is 42.3. The van der Waals surface area contributed by atoms with E-state index >= 15 is 0 Å². The van der Waals surface area contributed by atoms with Crippen LogP contribution in [0.25, 0.3) is 0 Å². The maximum atomic E-state index is 5.85. The Morgan fingerprint density at radius 1 is 0.316 bits per heavy atom. The minimum atomic E-state index is 0. The Bertz CT molecular complexity index is 405. The molecule has 0 saturated carbocycles. The molecule has 0 aromatic heterocycles. The van der Waals surface area contributed by atoms with Crippen LogP contribution in [-0.4, -0.2) is 42.8 Å². The van der Waals surface area contributed by atoms with Gasteiger partial charge in [0.2, 0.25) is 0 Å². The number of hydrogen-bond donors (Lipinski definition) is 0. The first kappa shape index (κ1) is 40.6. The van der Waals surface area contributed by atoms with Gasteiger partial charge in [-0.25, -0.2) is 0 Å². The summed E-state index contributed by atoms with van der Waals surface area (Å²) in [6, 6.07) is 0. The summed E-state index contributed by atoms with van der Waals surface area (Å²) in [5.74, 6) is 0. The third-order valence-corrected chi connectivity index (χ3v) is 7.60. The Morgan fingerprint density at radius 3 is 0.842 bits per heavy atom. The second-order valence-electron chi connectivity index (χ2n) is 11.5. The van der Waals surface area contributed by atoms with Crippen LogP contribution in [0.1, 0.15) is 194 Å². The van der Waals surface area contributed by atoms with Crippen molar-refractivity contribution >= 4 is 29.6 Å². The van der Waals surface area contributed by atoms with Gasteiger partial charge in [0.1, 0.15) is 0 Å². The van der Waals surface area contributed by atoms with E-state index in [1.54, 1.807) is 0 Å². The van der Waals surface area contributed by atoms with E-state index in [0.29, 0.717) is 0 Å². The first-order valence-corrected chi connectivity index (χ1v) is 17.3. The molecule has 0 spiro atoms. The zero-order chi connectivity index (χ0) is 26.7. The molecular weight excluding hydrogens is 471 g/mol. The third kappa shape index (κ3) is 38.6. The van der Waals surface area contributed by atoms with Crippen molar-refractivity contribution in [2.45, 2.75) is 194 Å². The van der Waals surface area contributed by atoms with Crippen molar-refractivity contribution in [3.05, 3.63) is 24.3 Å². The first-order chi connectivity index (χ1) is 18.4. The van der Waals surface area contributed by atoms with Gasteiger partial charge in [0.25, 0.3) is 0 Å². The summed E-state index contributed by atoms with van der Waals surface area (Å²) in [7, 11) is 0. The van der Waals surface area contributed by atoms with Gasteiger partial charge in [-0.05, 0) is 64.2 Å². The van der Waals surface area contributed by atoms with Gasteiger partial charge in [-0.2, -0.15) is 0 Å². The summed E-state index contributed by atoms with van der Waals surface area (Å²) >= 11 is 0. The zero-order valence-corrected chi connectivity index (χ0v) is 28.9. The molecule has 0 N–H and O–H groups in total. The minimum Gasteiger partial charge on any atom is -0.381 e. The zero-order valence-electron chi connectivity index (χ0n) is 26.9. The number of allylic oxidation sites excluding steroid dienone is 4. The maximum absolute atomic E-state index is 5.85. The van der Waals surface area contributed by atoms with Gasteiger partial charge in [0.05, 0.1) is 0 Å². The average molecular weight is 542 g/mol. The summed E-state index contributed by atoms with van der Waals surface area (Å²) < 4.78 is 5.85. The molecule has 0 bridgehead atoms. The van der Waals surface area contributed by atoms with Crippen molar-refractivity contribution in [1.82, 2.24) is 0 Å². The molecule has 0 aromatic carbocycles. The maximum Gasteiger partial charge on any atom is 0.0466 e. The standard InChI is InChI=1S/C36H70O.Na/c1-3-5-7-9-11-13-15-17-19-21-23-25-27-29-31-33-35-37-36-34-32-30-28-26-24-22-20-18-16-14-12-10-8-6-4-2;/h17-20H,3-16,21-36H2,1-2H3;. The van der Waals surface area contributed by atoms with Crippen molar-refractivity contribution in [3.63, 3.8) is 0 Å². The molecule has 0 aromatic rings. The normalized spacial score (nSPS) is 11.6. The number of hydrogen-bond acceptors (Lipinski definition) is 1. The fourth-order valence-electron chi connectivity index (χ4n) is 5.01. The van der Waals surface area contributed by atoms with Gasteiger partial charge in [-0.1, -0.05) is 154 Å². The van der Waals surface area contributed by atoms with Crippen LogP contribution in [-0.2, 0) is 4.74 Å².